The monoisotopic (exact) mass is 255 g/mol. The van der Waals surface area contributed by atoms with Gasteiger partial charge in [-0.25, -0.2) is 9.97 Å². The molecule has 1 aliphatic rings. The summed E-state index contributed by atoms with van der Waals surface area (Å²) < 4.78 is 37.1. The third-order valence-electron chi connectivity index (χ3n) is 2.77. The number of hydrogen-bond acceptors (Lipinski definition) is 4. The van der Waals surface area contributed by atoms with Crippen LogP contribution in [0.5, 0.6) is 0 Å². The first-order valence-electron chi connectivity index (χ1n) is 5.19. The molecular formula is C10H8F3N5. The first-order chi connectivity index (χ1) is 8.54. The molecule has 1 aliphatic heterocycles. The van der Waals surface area contributed by atoms with Crippen LogP contribution in [-0.2, 0) is 19.3 Å². The van der Waals surface area contributed by atoms with E-state index in [1.54, 1.807) is 11.1 Å². The number of fused-ring (bicyclic) bond motifs is 1. The fourth-order valence-electron chi connectivity index (χ4n) is 1.84. The topological polar surface area (TPSA) is 57.7 Å². The summed E-state index contributed by atoms with van der Waals surface area (Å²) >= 11 is 0. The lowest BCUT2D eigenvalue weighted by molar-refractivity contribution is -0.138. The van der Waals surface area contributed by atoms with E-state index in [4.69, 9.17) is 0 Å². The SMILES string of the molecule is FC(F)(F)c1cnc(N2Cc3cn[nH]c3C2)nc1. The van der Waals surface area contributed by atoms with Crippen molar-refractivity contribution in [3.05, 3.63) is 35.4 Å². The third-order valence-corrected chi connectivity index (χ3v) is 2.77. The number of aromatic nitrogens is 4. The standard InChI is InChI=1S/C10H8F3N5/c11-10(12,13)7-2-14-9(15-3-7)18-4-6-1-16-17-8(6)5-18/h1-3H,4-5H2,(H,16,17). The second-order valence-electron chi connectivity index (χ2n) is 4.00. The van der Waals surface area contributed by atoms with Gasteiger partial charge in [0.25, 0.3) is 0 Å². The highest BCUT2D eigenvalue weighted by atomic mass is 19.4. The van der Waals surface area contributed by atoms with Gasteiger partial charge in [-0.3, -0.25) is 5.10 Å². The Morgan fingerprint density at radius 1 is 1.11 bits per heavy atom. The molecule has 8 heteroatoms. The number of hydrogen-bond donors (Lipinski definition) is 1. The minimum Gasteiger partial charge on any atom is -0.330 e. The molecule has 0 spiro atoms. The molecule has 0 fully saturated rings. The molecule has 0 saturated heterocycles. The van der Waals surface area contributed by atoms with E-state index in [1.165, 1.54) is 0 Å². The molecule has 0 bridgehead atoms. The van der Waals surface area contributed by atoms with Gasteiger partial charge < -0.3 is 4.90 Å². The van der Waals surface area contributed by atoms with E-state index in [0.717, 1.165) is 23.7 Å². The number of aromatic amines is 1. The summed E-state index contributed by atoms with van der Waals surface area (Å²) in [5.74, 6) is 0.285. The predicted molar refractivity (Wildman–Crippen MR) is 55.5 cm³/mol. The van der Waals surface area contributed by atoms with E-state index in [-0.39, 0.29) is 5.95 Å². The number of nitrogens with one attached hydrogen (secondary N) is 1. The number of alkyl halides is 3. The van der Waals surface area contributed by atoms with Crippen molar-refractivity contribution in [1.82, 2.24) is 20.2 Å². The molecular weight excluding hydrogens is 247 g/mol. The lowest BCUT2D eigenvalue weighted by Gasteiger charge is -2.15. The van der Waals surface area contributed by atoms with Crippen molar-refractivity contribution in [2.75, 3.05) is 4.90 Å². The summed E-state index contributed by atoms with van der Waals surface area (Å²) in [5, 5.41) is 6.70. The zero-order valence-corrected chi connectivity index (χ0v) is 9.07. The van der Waals surface area contributed by atoms with Crippen molar-refractivity contribution in [2.45, 2.75) is 19.3 Å². The Labute approximate surface area is 99.7 Å². The second-order valence-corrected chi connectivity index (χ2v) is 4.00. The van der Waals surface area contributed by atoms with E-state index in [2.05, 4.69) is 20.2 Å². The quantitative estimate of drug-likeness (QED) is 0.843. The maximum atomic E-state index is 12.4. The highest BCUT2D eigenvalue weighted by Gasteiger charge is 2.32. The molecule has 0 aromatic carbocycles. The van der Waals surface area contributed by atoms with Crippen molar-refractivity contribution in [3.8, 4) is 0 Å². The van der Waals surface area contributed by atoms with E-state index in [9.17, 15) is 13.2 Å². The molecule has 0 aliphatic carbocycles. The molecule has 0 unspecified atom stereocenters. The summed E-state index contributed by atoms with van der Waals surface area (Å²) in [5.41, 5.74) is 1.11. The molecule has 0 amide bonds. The van der Waals surface area contributed by atoms with Gasteiger partial charge in [0.05, 0.1) is 24.0 Å². The average molecular weight is 255 g/mol. The summed E-state index contributed by atoms with van der Waals surface area (Å²) in [4.78, 5) is 9.28. The zero-order chi connectivity index (χ0) is 12.8. The lowest BCUT2D eigenvalue weighted by Crippen LogP contribution is -2.19. The Bertz CT molecular complexity index is 539. The molecule has 1 N–H and O–H groups in total. The van der Waals surface area contributed by atoms with E-state index in [0.29, 0.717) is 13.1 Å². The van der Waals surface area contributed by atoms with Crippen LogP contribution in [0.15, 0.2) is 18.6 Å². The first-order valence-corrected chi connectivity index (χ1v) is 5.19. The van der Waals surface area contributed by atoms with Crippen molar-refractivity contribution in [2.24, 2.45) is 0 Å². The van der Waals surface area contributed by atoms with E-state index >= 15 is 0 Å². The van der Waals surface area contributed by atoms with Crippen LogP contribution in [0.4, 0.5) is 19.1 Å². The number of anilines is 1. The van der Waals surface area contributed by atoms with Gasteiger partial charge in [-0.15, -0.1) is 0 Å². The summed E-state index contributed by atoms with van der Waals surface area (Å²) in [6.45, 7) is 1.08. The minimum atomic E-state index is -4.40. The zero-order valence-electron chi connectivity index (χ0n) is 9.07. The van der Waals surface area contributed by atoms with Gasteiger partial charge >= 0.3 is 6.18 Å². The number of halogens is 3. The normalized spacial score (nSPS) is 14.9. The minimum absolute atomic E-state index is 0.285. The van der Waals surface area contributed by atoms with Gasteiger partial charge in [0, 0.05) is 24.5 Å². The average Bonchev–Trinajstić information content (AvgIpc) is 2.88. The Balaban J connectivity index is 1.81. The third kappa shape index (κ3) is 1.79. The Hall–Kier alpha value is -2.12. The first kappa shape index (κ1) is 11.0. The molecule has 0 saturated carbocycles. The largest absolute Gasteiger partial charge is 0.419 e. The fourth-order valence-corrected chi connectivity index (χ4v) is 1.84. The van der Waals surface area contributed by atoms with Crippen LogP contribution >= 0.6 is 0 Å². The van der Waals surface area contributed by atoms with Crippen molar-refractivity contribution in [3.63, 3.8) is 0 Å². The van der Waals surface area contributed by atoms with Crippen molar-refractivity contribution >= 4 is 5.95 Å². The van der Waals surface area contributed by atoms with E-state index in [1.807, 2.05) is 0 Å². The molecule has 2 aromatic heterocycles. The van der Waals surface area contributed by atoms with Gasteiger partial charge in [-0.05, 0) is 0 Å². The lowest BCUT2D eigenvalue weighted by atomic mass is 10.3. The summed E-state index contributed by atoms with van der Waals surface area (Å²) in [6.07, 6.45) is -1.11. The van der Waals surface area contributed by atoms with Crippen LogP contribution in [0.1, 0.15) is 16.8 Å². The molecule has 0 radical (unpaired) electrons. The van der Waals surface area contributed by atoms with Gasteiger partial charge in [-0.2, -0.15) is 18.3 Å². The maximum absolute atomic E-state index is 12.4. The maximum Gasteiger partial charge on any atom is 0.419 e. The molecule has 2 aromatic rings. The van der Waals surface area contributed by atoms with Gasteiger partial charge in [0.2, 0.25) is 5.95 Å². The van der Waals surface area contributed by atoms with Crippen molar-refractivity contribution < 1.29 is 13.2 Å². The second kappa shape index (κ2) is 3.69. The van der Waals surface area contributed by atoms with Crippen molar-refractivity contribution in [1.29, 1.82) is 0 Å². The van der Waals surface area contributed by atoms with Crippen LogP contribution in [0.25, 0.3) is 0 Å². The predicted octanol–water partition coefficient (Wildman–Crippen LogP) is 1.74. The van der Waals surface area contributed by atoms with Crippen LogP contribution in [0.2, 0.25) is 0 Å². The van der Waals surface area contributed by atoms with Crippen LogP contribution in [0.3, 0.4) is 0 Å². The van der Waals surface area contributed by atoms with Crippen LogP contribution in [-0.4, -0.2) is 20.2 Å². The highest BCUT2D eigenvalue weighted by Crippen LogP contribution is 2.29. The Kier molecular flexibility index (Phi) is 2.25. The van der Waals surface area contributed by atoms with Crippen LogP contribution < -0.4 is 4.90 Å². The Morgan fingerprint density at radius 3 is 2.44 bits per heavy atom. The smallest absolute Gasteiger partial charge is 0.330 e. The number of rotatable bonds is 1. The molecule has 3 heterocycles. The van der Waals surface area contributed by atoms with Gasteiger partial charge in [0.1, 0.15) is 0 Å². The van der Waals surface area contributed by atoms with Gasteiger partial charge in [0.15, 0.2) is 0 Å². The Morgan fingerprint density at radius 2 is 1.83 bits per heavy atom. The fraction of sp³-hybridized carbons (Fsp3) is 0.300. The molecule has 18 heavy (non-hydrogen) atoms. The van der Waals surface area contributed by atoms with Gasteiger partial charge in [-0.1, -0.05) is 0 Å². The molecule has 0 atom stereocenters. The molecule has 3 rings (SSSR count). The molecule has 94 valence electrons. The highest BCUT2D eigenvalue weighted by molar-refractivity contribution is 5.39. The number of nitrogens with zero attached hydrogens (tertiary/aromatic N) is 4. The summed E-state index contributed by atoms with van der Waals surface area (Å²) in [6, 6.07) is 0. The molecule has 5 nitrogen and oxygen atoms in total. The summed E-state index contributed by atoms with van der Waals surface area (Å²) in [7, 11) is 0. The van der Waals surface area contributed by atoms with E-state index < -0.39 is 11.7 Å². The number of H-pyrrole nitrogens is 1. The van der Waals surface area contributed by atoms with Crippen LogP contribution in [0, 0.1) is 0 Å².